The van der Waals surface area contributed by atoms with E-state index < -0.39 is 0 Å². The number of hydrogen-bond acceptors (Lipinski definition) is 5. The van der Waals surface area contributed by atoms with Crippen LogP contribution in [0.15, 0.2) is 49.8 Å². The fourth-order valence-corrected chi connectivity index (χ4v) is 3.62. The number of aromatic hydroxyl groups is 1. The molecule has 5 nitrogen and oxygen atoms in total. The highest BCUT2D eigenvalue weighted by Crippen LogP contribution is 2.37. The quantitative estimate of drug-likeness (QED) is 0.450. The number of halogens is 3. The number of nitrogens with one attached hydrogen (secondary N) is 1. The third-order valence-electron chi connectivity index (χ3n) is 3.16. The van der Waals surface area contributed by atoms with E-state index in [4.69, 9.17) is 28.2 Å². The second-order valence-corrected chi connectivity index (χ2v) is 7.30. The van der Waals surface area contributed by atoms with Gasteiger partial charge in [-0.3, -0.25) is 0 Å². The third-order valence-corrected chi connectivity index (χ3v) is 4.84. The Balaban J connectivity index is 1.89. The summed E-state index contributed by atoms with van der Waals surface area (Å²) in [7, 11) is 0. The average molecular weight is 492 g/mol. The number of rotatable bonds is 4. The third kappa shape index (κ3) is 3.66. The van der Waals surface area contributed by atoms with Crippen LogP contribution in [0.2, 0.25) is 5.02 Å². The van der Waals surface area contributed by atoms with Gasteiger partial charge < -0.3 is 14.8 Å². The Hall–Kier alpha value is -1.35. The Morgan fingerprint density at radius 1 is 1.29 bits per heavy atom. The zero-order valence-electron chi connectivity index (χ0n) is 12.0. The number of hydrogen-bond donors (Lipinski definition) is 2. The molecule has 24 heavy (non-hydrogen) atoms. The van der Waals surface area contributed by atoms with Crippen molar-refractivity contribution in [3.05, 3.63) is 55.2 Å². The summed E-state index contributed by atoms with van der Waals surface area (Å²) in [5.41, 5.74) is 1.19. The normalized spacial score (nSPS) is 10.8. The first-order chi connectivity index (χ1) is 11.5. The molecule has 0 unspecified atom stereocenters. The Labute approximate surface area is 164 Å². The van der Waals surface area contributed by atoms with Crippen molar-refractivity contribution < 1.29 is 9.52 Å². The first-order valence-electron chi connectivity index (χ1n) is 6.70. The molecular formula is C15H10Br2ClN3O2S. The van der Waals surface area contributed by atoms with Crippen molar-refractivity contribution in [3.63, 3.8) is 0 Å². The molecule has 3 aromatic rings. The van der Waals surface area contributed by atoms with Gasteiger partial charge in [0, 0.05) is 4.47 Å². The molecule has 0 aliphatic rings. The fourth-order valence-electron chi connectivity index (χ4n) is 2.01. The lowest BCUT2D eigenvalue weighted by molar-refractivity contribution is 0.468. The molecule has 0 saturated carbocycles. The monoisotopic (exact) mass is 489 g/mol. The highest BCUT2D eigenvalue weighted by molar-refractivity contribution is 9.11. The molecule has 0 radical (unpaired) electrons. The van der Waals surface area contributed by atoms with Gasteiger partial charge in [0.25, 0.3) is 10.7 Å². The maximum absolute atomic E-state index is 10.2. The zero-order valence-corrected chi connectivity index (χ0v) is 16.7. The van der Waals surface area contributed by atoms with E-state index in [1.165, 1.54) is 4.68 Å². The van der Waals surface area contributed by atoms with Crippen LogP contribution < -0.4 is 5.32 Å². The Bertz CT molecular complexity index is 958. The lowest BCUT2D eigenvalue weighted by atomic mass is 10.2. The van der Waals surface area contributed by atoms with Gasteiger partial charge >= 0.3 is 0 Å². The van der Waals surface area contributed by atoms with Crippen LogP contribution in [-0.2, 0) is 6.67 Å². The summed E-state index contributed by atoms with van der Waals surface area (Å²) < 4.78 is 8.27. The standard InChI is InChI=1S/C15H10Br2ClN3O2S/c16-8-5-9(13(22)10(17)6-8)14-20-21(15(24)23-14)7-19-12-4-2-1-3-11(12)18/h1-6,19,22H,7H2. The second kappa shape index (κ2) is 7.26. The summed E-state index contributed by atoms with van der Waals surface area (Å²) >= 11 is 17.9. The minimum atomic E-state index is 0.0284. The highest BCUT2D eigenvalue weighted by atomic mass is 79.9. The number of benzene rings is 2. The topological polar surface area (TPSA) is 63.2 Å². The van der Waals surface area contributed by atoms with E-state index >= 15 is 0 Å². The van der Waals surface area contributed by atoms with Gasteiger partial charge in [-0.1, -0.05) is 39.7 Å². The molecule has 9 heteroatoms. The molecular weight excluding hydrogens is 482 g/mol. The van der Waals surface area contributed by atoms with E-state index in [-0.39, 0.29) is 23.1 Å². The van der Waals surface area contributed by atoms with Crippen molar-refractivity contribution in [2.45, 2.75) is 6.67 Å². The van der Waals surface area contributed by atoms with Gasteiger partial charge in [0.15, 0.2) is 0 Å². The molecule has 2 N–H and O–H groups in total. The average Bonchev–Trinajstić information content (AvgIpc) is 2.91. The van der Waals surface area contributed by atoms with Crippen LogP contribution in [0.5, 0.6) is 5.75 Å². The maximum atomic E-state index is 10.2. The number of nitrogens with zero attached hydrogens (tertiary/aromatic N) is 2. The van der Waals surface area contributed by atoms with Gasteiger partial charge in [-0.15, -0.1) is 5.10 Å². The molecule has 0 fully saturated rings. The van der Waals surface area contributed by atoms with E-state index in [0.717, 1.165) is 10.2 Å². The van der Waals surface area contributed by atoms with Gasteiger partial charge in [0.05, 0.1) is 20.7 Å². The lowest BCUT2D eigenvalue weighted by Gasteiger charge is -2.07. The molecule has 0 aliphatic heterocycles. The van der Waals surface area contributed by atoms with Gasteiger partial charge in [0.1, 0.15) is 12.4 Å². The van der Waals surface area contributed by atoms with Gasteiger partial charge in [-0.25, -0.2) is 4.68 Å². The van der Waals surface area contributed by atoms with E-state index in [1.807, 2.05) is 18.2 Å². The van der Waals surface area contributed by atoms with E-state index in [0.29, 0.717) is 15.1 Å². The number of phenols is 1. The summed E-state index contributed by atoms with van der Waals surface area (Å²) in [6.45, 7) is 0.280. The molecule has 3 rings (SSSR count). The van der Waals surface area contributed by atoms with Crippen LogP contribution in [0.25, 0.3) is 11.5 Å². The van der Waals surface area contributed by atoms with Crippen LogP contribution in [0.1, 0.15) is 0 Å². The Kier molecular flexibility index (Phi) is 5.29. The molecule has 0 bridgehead atoms. The van der Waals surface area contributed by atoms with Gasteiger partial charge in [0.2, 0.25) is 0 Å². The molecule has 124 valence electrons. The minimum Gasteiger partial charge on any atom is -0.506 e. The summed E-state index contributed by atoms with van der Waals surface area (Å²) in [4.78, 5) is 0.181. The van der Waals surface area contributed by atoms with Crippen LogP contribution in [-0.4, -0.2) is 14.9 Å². The van der Waals surface area contributed by atoms with Crippen molar-refractivity contribution in [2.75, 3.05) is 5.32 Å². The maximum Gasteiger partial charge on any atom is 0.289 e. The fraction of sp³-hybridized carbons (Fsp3) is 0.0667. The van der Waals surface area contributed by atoms with E-state index in [9.17, 15) is 5.11 Å². The van der Waals surface area contributed by atoms with Crippen LogP contribution in [0.4, 0.5) is 5.69 Å². The largest absolute Gasteiger partial charge is 0.506 e. The van der Waals surface area contributed by atoms with Crippen LogP contribution in [0, 0.1) is 4.84 Å². The van der Waals surface area contributed by atoms with Crippen LogP contribution >= 0.6 is 55.7 Å². The van der Waals surface area contributed by atoms with E-state index in [2.05, 4.69) is 42.3 Å². The first kappa shape index (κ1) is 17.5. The summed E-state index contributed by atoms with van der Waals surface area (Å²) in [5, 5.41) is 18.2. The number of aromatic nitrogens is 2. The SMILES string of the molecule is Oc1c(Br)cc(Br)cc1-c1nn(CNc2ccccc2Cl)c(=S)o1. The summed E-state index contributed by atoms with van der Waals surface area (Å²) in [5.74, 6) is 0.251. The summed E-state index contributed by atoms with van der Waals surface area (Å²) in [6, 6.07) is 10.8. The van der Waals surface area contributed by atoms with Crippen molar-refractivity contribution in [1.82, 2.24) is 9.78 Å². The van der Waals surface area contributed by atoms with Crippen molar-refractivity contribution >= 4 is 61.4 Å². The number of anilines is 1. The van der Waals surface area contributed by atoms with Gasteiger partial charge in [-0.2, -0.15) is 0 Å². The smallest absolute Gasteiger partial charge is 0.289 e. The van der Waals surface area contributed by atoms with Crippen LogP contribution in [0.3, 0.4) is 0 Å². The number of para-hydroxylation sites is 1. The van der Waals surface area contributed by atoms with Crippen molar-refractivity contribution in [3.8, 4) is 17.2 Å². The molecule has 0 atom stereocenters. The predicted octanol–water partition coefficient (Wildman–Crippen LogP) is 5.83. The molecule has 0 spiro atoms. The molecule has 2 aromatic carbocycles. The van der Waals surface area contributed by atoms with E-state index in [1.54, 1.807) is 18.2 Å². The predicted molar refractivity (Wildman–Crippen MR) is 103 cm³/mol. The molecule has 0 amide bonds. The Morgan fingerprint density at radius 2 is 2.04 bits per heavy atom. The molecule has 0 aliphatic carbocycles. The molecule has 0 saturated heterocycles. The van der Waals surface area contributed by atoms with Crippen molar-refractivity contribution in [1.29, 1.82) is 0 Å². The highest BCUT2D eigenvalue weighted by Gasteiger charge is 2.16. The van der Waals surface area contributed by atoms with Crippen molar-refractivity contribution in [2.24, 2.45) is 0 Å². The molecule has 1 aromatic heterocycles. The lowest BCUT2D eigenvalue weighted by Crippen LogP contribution is -2.09. The number of phenolic OH excluding ortho intramolecular Hbond substituents is 1. The minimum absolute atomic E-state index is 0.0284. The first-order valence-corrected chi connectivity index (χ1v) is 9.07. The van der Waals surface area contributed by atoms with Gasteiger partial charge in [-0.05, 0) is 52.4 Å². The summed E-state index contributed by atoms with van der Waals surface area (Å²) in [6.07, 6.45) is 0. The zero-order chi connectivity index (χ0) is 17.3. The molecule has 1 heterocycles. The second-order valence-electron chi connectivity index (χ2n) is 4.77. The Morgan fingerprint density at radius 3 is 2.79 bits per heavy atom.